The minimum absolute atomic E-state index is 0.168. The van der Waals surface area contributed by atoms with E-state index in [0.717, 1.165) is 31.4 Å². The molecule has 0 aliphatic carbocycles. The van der Waals surface area contributed by atoms with Crippen molar-refractivity contribution in [2.45, 2.75) is 57.3 Å². The van der Waals surface area contributed by atoms with Crippen molar-refractivity contribution in [3.05, 3.63) is 25.3 Å². The van der Waals surface area contributed by atoms with Crippen LogP contribution in [0.25, 0.3) is 0 Å². The Kier molecular flexibility index (Phi) is 12.1. The molecule has 6 nitrogen and oxygen atoms in total. The number of carbonyl (C=O) groups is 2. The molecular formula is C16H26O6. The van der Waals surface area contributed by atoms with E-state index < -0.39 is 24.3 Å². The number of unbranched alkanes of at least 4 members (excludes halogenated alkanes) is 2. The minimum Gasteiger partial charge on any atom is -0.422 e. The Bertz CT molecular complexity index is 331. The summed E-state index contributed by atoms with van der Waals surface area (Å²) in [7, 11) is 0. The number of carbonyl (C=O) groups excluding carboxylic acids is 2. The highest BCUT2D eigenvalue weighted by molar-refractivity contribution is 5.82. The van der Waals surface area contributed by atoms with Gasteiger partial charge in [-0.1, -0.05) is 26.0 Å². The van der Waals surface area contributed by atoms with Crippen LogP contribution in [0.2, 0.25) is 0 Å². The van der Waals surface area contributed by atoms with Gasteiger partial charge in [0, 0.05) is 25.2 Å². The van der Waals surface area contributed by atoms with Crippen molar-refractivity contribution in [1.82, 2.24) is 0 Å². The molecule has 0 aromatic rings. The Morgan fingerprint density at radius 1 is 0.909 bits per heavy atom. The quantitative estimate of drug-likeness (QED) is 0.233. The molecule has 0 aromatic heterocycles. The monoisotopic (exact) mass is 314 g/mol. The third-order valence-corrected chi connectivity index (χ3v) is 3.00. The summed E-state index contributed by atoms with van der Waals surface area (Å²) in [6.07, 6.45) is 5.01. The molecule has 0 saturated heterocycles. The third-order valence-electron chi connectivity index (χ3n) is 3.00. The summed E-state index contributed by atoms with van der Waals surface area (Å²) in [5.74, 6) is -1.35. The molecule has 0 aliphatic heterocycles. The first-order valence-corrected chi connectivity index (χ1v) is 7.48. The molecule has 126 valence electrons. The molecule has 0 spiro atoms. The first kappa shape index (κ1) is 20.3. The number of rotatable bonds is 13. The summed E-state index contributed by atoms with van der Waals surface area (Å²) in [5, 5.41) is 18.5. The number of ether oxygens (including phenoxy) is 2. The van der Waals surface area contributed by atoms with Gasteiger partial charge in [-0.3, -0.25) is 0 Å². The molecule has 1 atom stereocenters. The lowest BCUT2D eigenvalue weighted by atomic mass is 10.1. The molecular weight excluding hydrogens is 288 g/mol. The molecule has 0 amide bonds. The fourth-order valence-electron chi connectivity index (χ4n) is 1.83. The van der Waals surface area contributed by atoms with Crippen LogP contribution in [0.5, 0.6) is 0 Å². The van der Waals surface area contributed by atoms with Crippen molar-refractivity contribution in [2.75, 3.05) is 6.61 Å². The van der Waals surface area contributed by atoms with Gasteiger partial charge in [-0.2, -0.15) is 0 Å². The molecule has 0 bridgehead atoms. The number of hydrogen-bond donors (Lipinski definition) is 2. The minimum atomic E-state index is -1.00. The van der Waals surface area contributed by atoms with Crippen molar-refractivity contribution < 1.29 is 29.3 Å². The second-order valence-corrected chi connectivity index (χ2v) is 4.87. The molecule has 0 heterocycles. The summed E-state index contributed by atoms with van der Waals surface area (Å²) < 4.78 is 9.82. The summed E-state index contributed by atoms with van der Waals surface area (Å²) in [6, 6.07) is 0. The van der Waals surface area contributed by atoms with E-state index in [1.807, 2.05) is 0 Å². The normalized spacial score (nSPS) is 11.8. The van der Waals surface area contributed by atoms with Gasteiger partial charge in [-0.15, -0.1) is 0 Å². The van der Waals surface area contributed by atoms with Crippen LogP contribution >= 0.6 is 0 Å². The maximum atomic E-state index is 11.2. The van der Waals surface area contributed by atoms with Gasteiger partial charge < -0.3 is 19.7 Å². The van der Waals surface area contributed by atoms with Gasteiger partial charge in [0.25, 0.3) is 0 Å². The fourth-order valence-corrected chi connectivity index (χ4v) is 1.83. The topological polar surface area (TPSA) is 93.1 Å². The summed E-state index contributed by atoms with van der Waals surface area (Å²) in [6.45, 7) is 6.72. The largest absolute Gasteiger partial charge is 0.422 e. The highest BCUT2D eigenvalue weighted by Crippen LogP contribution is 2.13. The van der Waals surface area contributed by atoms with Gasteiger partial charge in [-0.05, 0) is 25.7 Å². The van der Waals surface area contributed by atoms with E-state index in [-0.39, 0.29) is 6.61 Å². The van der Waals surface area contributed by atoms with E-state index in [1.54, 1.807) is 0 Å². The highest BCUT2D eigenvalue weighted by Gasteiger charge is 2.17. The van der Waals surface area contributed by atoms with Crippen LogP contribution in [0.3, 0.4) is 0 Å². The molecule has 22 heavy (non-hydrogen) atoms. The molecule has 1 unspecified atom stereocenters. The van der Waals surface area contributed by atoms with Gasteiger partial charge in [-0.25, -0.2) is 9.59 Å². The fraction of sp³-hybridized carbons (Fsp3) is 0.625. The van der Waals surface area contributed by atoms with E-state index in [4.69, 9.17) is 14.6 Å². The van der Waals surface area contributed by atoms with E-state index in [0.29, 0.717) is 25.7 Å². The van der Waals surface area contributed by atoms with Crippen LogP contribution in [-0.2, 0) is 19.1 Å². The zero-order chi connectivity index (χ0) is 16.8. The summed E-state index contributed by atoms with van der Waals surface area (Å²) in [5.41, 5.74) is 0. The number of aliphatic hydroxyl groups is 2. The Morgan fingerprint density at radius 3 is 1.95 bits per heavy atom. The van der Waals surface area contributed by atoms with Crippen LogP contribution in [0.4, 0.5) is 0 Å². The molecule has 0 rings (SSSR count). The standard InChI is InChI=1S/C16H26O6/c1-3-14(19)21-16(22-15(20)4-2)11-8-10-13(18)9-6-5-7-12-17/h3-4,13,16-18H,1-2,5-12H2. The lowest BCUT2D eigenvalue weighted by Gasteiger charge is -2.17. The van der Waals surface area contributed by atoms with E-state index in [2.05, 4.69) is 13.2 Å². The number of esters is 2. The molecule has 6 heteroatoms. The van der Waals surface area contributed by atoms with Crippen LogP contribution in [0.15, 0.2) is 25.3 Å². The van der Waals surface area contributed by atoms with E-state index >= 15 is 0 Å². The second-order valence-electron chi connectivity index (χ2n) is 4.87. The lowest BCUT2D eigenvalue weighted by molar-refractivity contribution is -0.182. The average molecular weight is 314 g/mol. The smallest absolute Gasteiger partial charge is 0.333 e. The Hall–Kier alpha value is -1.66. The zero-order valence-electron chi connectivity index (χ0n) is 12.9. The van der Waals surface area contributed by atoms with Crippen molar-refractivity contribution in [1.29, 1.82) is 0 Å². The number of hydrogen-bond acceptors (Lipinski definition) is 6. The van der Waals surface area contributed by atoms with Crippen LogP contribution < -0.4 is 0 Å². The van der Waals surface area contributed by atoms with Crippen molar-refractivity contribution in [3.8, 4) is 0 Å². The summed E-state index contributed by atoms with van der Waals surface area (Å²) in [4.78, 5) is 22.3. The SMILES string of the molecule is C=CC(=O)OC(CCCC(O)CCCCCO)OC(=O)C=C. The van der Waals surface area contributed by atoms with Gasteiger partial charge >= 0.3 is 11.9 Å². The van der Waals surface area contributed by atoms with Gasteiger partial charge in [0.2, 0.25) is 6.29 Å². The zero-order valence-corrected chi connectivity index (χ0v) is 12.9. The van der Waals surface area contributed by atoms with E-state index in [1.165, 1.54) is 0 Å². The number of aliphatic hydroxyl groups excluding tert-OH is 2. The Balaban J connectivity index is 4.04. The molecule has 0 saturated carbocycles. The second kappa shape index (κ2) is 13.0. The van der Waals surface area contributed by atoms with Crippen LogP contribution in [0, 0.1) is 0 Å². The molecule has 2 N–H and O–H groups in total. The first-order chi connectivity index (χ1) is 10.5. The van der Waals surface area contributed by atoms with Crippen LogP contribution in [0.1, 0.15) is 44.9 Å². The van der Waals surface area contributed by atoms with Gasteiger partial charge in [0.1, 0.15) is 0 Å². The average Bonchev–Trinajstić information content (AvgIpc) is 2.51. The van der Waals surface area contributed by atoms with Crippen molar-refractivity contribution in [2.24, 2.45) is 0 Å². The van der Waals surface area contributed by atoms with Crippen molar-refractivity contribution >= 4 is 11.9 Å². The van der Waals surface area contributed by atoms with Crippen LogP contribution in [-0.4, -0.2) is 41.2 Å². The lowest BCUT2D eigenvalue weighted by Crippen LogP contribution is -2.23. The molecule has 0 radical (unpaired) electrons. The van der Waals surface area contributed by atoms with Gasteiger partial charge in [0.05, 0.1) is 6.10 Å². The Labute approximate surface area is 131 Å². The predicted molar refractivity (Wildman–Crippen MR) is 81.8 cm³/mol. The molecule has 0 aromatic carbocycles. The maximum Gasteiger partial charge on any atom is 0.333 e. The van der Waals surface area contributed by atoms with E-state index in [9.17, 15) is 14.7 Å². The molecule has 0 fully saturated rings. The summed E-state index contributed by atoms with van der Waals surface area (Å²) >= 11 is 0. The highest BCUT2D eigenvalue weighted by atomic mass is 16.7. The molecule has 0 aliphatic rings. The predicted octanol–water partition coefficient (Wildman–Crippen LogP) is 1.85. The first-order valence-electron chi connectivity index (χ1n) is 7.48. The van der Waals surface area contributed by atoms with Crippen molar-refractivity contribution in [3.63, 3.8) is 0 Å². The maximum absolute atomic E-state index is 11.2. The van der Waals surface area contributed by atoms with Gasteiger partial charge in [0.15, 0.2) is 0 Å². The third kappa shape index (κ3) is 11.0. The Morgan fingerprint density at radius 2 is 1.45 bits per heavy atom.